The van der Waals surface area contributed by atoms with Crippen molar-refractivity contribution < 1.29 is 0 Å². The standard InChI is InChI=1S/C13H10N2/c1-2-5-10(6-3-1)11-7-4-8-13-12(11)9-14-15-13/h1-9H,(H,14,15). The van der Waals surface area contributed by atoms with Gasteiger partial charge in [-0.15, -0.1) is 0 Å². The van der Waals surface area contributed by atoms with Crippen LogP contribution in [-0.4, -0.2) is 10.2 Å². The van der Waals surface area contributed by atoms with Crippen LogP contribution in [0.3, 0.4) is 0 Å². The summed E-state index contributed by atoms with van der Waals surface area (Å²) in [6, 6.07) is 16.6. The molecule has 3 aromatic rings. The fourth-order valence-electron chi connectivity index (χ4n) is 1.84. The lowest BCUT2D eigenvalue weighted by Gasteiger charge is -2.01. The Morgan fingerprint density at radius 3 is 2.60 bits per heavy atom. The van der Waals surface area contributed by atoms with E-state index in [4.69, 9.17) is 0 Å². The van der Waals surface area contributed by atoms with Crippen LogP contribution in [0.2, 0.25) is 0 Å². The van der Waals surface area contributed by atoms with Gasteiger partial charge in [-0.25, -0.2) is 0 Å². The first-order valence-electron chi connectivity index (χ1n) is 4.93. The lowest BCUT2D eigenvalue weighted by molar-refractivity contribution is 1.12. The Hall–Kier alpha value is -2.09. The zero-order valence-electron chi connectivity index (χ0n) is 8.14. The molecule has 0 aliphatic rings. The van der Waals surface area contributed by atoms with E-state index in [0.29, 0.717) is 0 Å². The summed E-state index contributed by atoms with van der Waals surface area (Å²) in [6.07, 6.45) is 1.87. The van der Waals surface area contributed by atoms with Gasteiger partial charge < -0.3 is 0 Å². The monoisotopic (exact) mass is 194 g/mol. The molecule has 1 N–H and O–H groups in total. The zero-order valence-corrected chi connectivity index (χ0v) is 8.14. The van der Waals surface area contributed by atoms with Crippen molar-refractivity contribution in [2.24, 2.45) is 0 Å². The lowest BCUT2D eigenvalue weighted by Crippen LogP contribution is -1.77. The van der Waals surface area contributed by atoms with Gasteiger partial charge in [0.2, 0.25) is 0 Å². The molecule has 2 nitrogen and oxygen atoms in total. The van der Waals surface area contributed by atoms with E-state index in [1.54, 1.807) is 0 Å². The molecule has 3 rings (SSSR count). The normalized spacial score (nSPS) is 10.7. The highest BCUT2D eigenvalue weighted by atomic mass is 15.1. The molecule has 0 saturated carbocycles. The molecule has 72 valence electrons. The Balaban J connectivity index is 2.31. The smallest absolute Gasteiger partial charge is 0.0656 e. The number of nitrogens with one attached hydrogen (secondary N) is 1. The van der Waals surface area contributed by atoms with E-state index < -0.39 is 0 Å². The molecule has 0 aliphatic heterocycles. The van der Waals surface area contributed by atoms with Gasteiger partial charge in [0.1, 0.15) is 0 Å². The third-order valence-corrected chi connectivity index (χ3v) is 2.57. The largest absolute Gasteiger partial charge is 0.278 e. The highest BCUT2D eigenvalue weighted by Gasteiger charge is 2.03. The van der Waals surface area contributed by atoms with E-state index in [1.807, 2.05) is 36.5 Å². The molecule has 0 amide bonds. The number of benzene rings is 2. The Kier molecular flexibility index (Phi) is 1.78. The van der Waals surface area contributed by atoms with Crippen LogP contribution in [0, 0.1) is 0 Å². The second-order valence-electron chi connectivity index (χ2n) is 3.50. The van der Waals surface area contributed by atoms with Crippen LogP contribution >= 0.6 is 0 Å². The van der Waals surface area contributed by atoms with Gasteiger partial charge in [-0.2, -0.15) is 5.10 Å². The fraction of sp³-hybridized carbons (Fsp3) is 0. The number of aromatic nitrogens is 2. The lowest BCUT2D eigenvalue weighted by atomic mass is 10.0. The SMILES string of the molecule is c1ccc(-c2cccc3[nH]ncc23)cc1. The molecule has 2 aromatic carbocycles. The minimum absolute atomic E-state index is 1.08. The summed E-state index contributed by atoms with van der Waals surface area (Å²) >= 11 is 0. The van der Waals surface area contributed by atoms with Gasteiger partial charge >= 0.3 is 0 Å². The van der Waals surface area contributed by atoms with Crippen molar-refractivity contribution in [3.63, 3.8) is 0 Å². The quantitative estimate of drug-likeness (QED) is 0.633. The maximum absolute atomic E-state index is 4.06. The summed E-state index contributed by atoms with van der Waals surface area (Å²) in [5.41, 5.74) is 3.53. The Morgan fingerprint density at radius 2 is 1.73 bits per heavy atom. The number of fused-ring (bicyclic) bond motifs is 1. The number of hydrogen-bond donors (Lipinski definition) is 1. The molecular formula is C13H10N2. The second kappa shape index (κ2) is 3.24. The van der Waals surface area contributed by atoms with Crippen LogP contribution in [0.1, 0.15) is 0 Å². The highest BCUT2D eigenvalue weighted by Crippen LogP contribution is 2.26. The van der Waals surface area contributed by atoms with Crippen molar-refractivity contribution in [3.05, 3.63) is 54.7 Å². The highest BCUT2D eigenvalue weighted by molar-refractivity contribution is 5.94. The van der Waals surface area contributed by atoms with Gasteiger partial charge in [0.25, 0.3) is 0 Å². The van der Waals surface area contributed by atoms with Gasteiger partial charge in [0.05, 0.1) is 11.7 Å². The maximum atomic E-state index is 4.06. The third-order valence-electron chi connectivity index (χ3n) is 2.57. The molecule has 0 unspecified atom stereocenters. The van der Waals surface area contributed by atoms with Gasteiger partial charge in [0.15, 0.2) is 0 Å². The Bertz CT molecular complexity index is 582. The predicted octanol–water partition coefficient (Wildman–Crippen LogP) is 3.23. The topological polar surface area (TPSA) is 28.7 Å². The molecule has 0 atom stereocenters. The van der Waals surface area contributed by atoms with E-state index in [1.165, 1.54) is 16.5 Å². The number of H-pyrrole nitrogens is 1. The molecule has 0 spiro atoms. The first-order chi connectivity index (χ1) is 7.45. The van der Waals surface area contributed by atoms with Crippen molar-refractivity contribution in [2.45, 2.75) is 0 Å². The van der Waals surface area contributed by atoms with Crippen LogP contribution in [-0.2, 0) is 0 Å². The first-order valence-corrected chi connectivity index (χ1v) is 4.93. The van der Waals surface area contributed by atoms with E-state index >= 15 is 0 Å². The van der Waals surface area contributed by atoms with Gasteiger partial charge in [-0.05, 0) is 17.2 Å². The predicted molar refractivity (Wildman–Crippen MR) is 61.5 cm³/mol. The van der Waals surface area contributed by atoms with Crippen molar-refractivity contribution >= 4 is 10.9 Å². The van der Waals surface area contributed by atoms with E-state index in [-0.39, 0.29) is 0 Å². The summed E-state index contributed by atoms with van der Waals surface area (Å²) in [7, 11) is 0. The molecule has 15 heavy (non-hydrogen) atoms. The van der Waals surface area contributed by atoms with Gasteiger partial charge in [-0.1, -0.05) is 42.5 Å². The minimum Gasteiger partial charge on any atom is -0.278 e. The second-order valence-corrected chi connectivity index (χ2v) is 3.50. The molecule has 2 heteroatoms. The maximum Gasteiger partial charge on any atom is 0.0656 e. The molecule has 0 saturated heterocycles. The average molecular weight is 194 g/mol. The van der Waals surface area contributed by atoms with Crippen molar-refractivity contribution in [1.29, 1.82) is 0 Å². The van der Waals surface area contributed by atoms with Crippen molar-refractivity contribution in [1.82, 2.24) is 10.2 Å². The molecule has 0 aliphatic carbocycles. The third kappa shape index (κ3) is 1.31. The fourth-order valence-corrected chi connectivity index (χ4v) is 1.84. The van der Waals surface area contributed by atoms with Crippen LogP contribution in [0.15, 0.2) is 54.7 Å². The van der Waals surface area contributed by atoms with Crippen LogP contribution in [0.5, 0.6) is 0 Å². The van der Waals surface area contributed by atoms with Crippen molar-refractivity contribution in [2.75, 3.05) is 0 Å². The first kappa shape index (κ1) is 8.24. The van der Waals surface area contributed by atoms with E-state index in [2.05, 4.69) is 28.4 Å². The molecule has 0 bridgehead atoms. The van der Waals surface area contributed by atoms with Gasteiger partial charge in [0, 0.05) is 5.39 Å². The summed E-state index contributed by atoms with van der Waals surface area (Å²) in [4.78, 5) is 0. The minimum atomic E-state index is 1.08. The Morgan fingerprint density at radius 1 is 0.867 bits per heavy atom. The summed E-state index contributed by atoms with van der Waals surface area (Å²) in [6.45, 7) is 0. The van der Waals surface area contributed by atoms with E-state index in [9.17, 15) is 0 Å². The number of aromatic amines is 1. The number of rotatable bonds is 1. The molecule has 1 heterocycles. The molecular weight excluding hydrogens is 184 g/mol. The van der Waals surface area contributed by atoms with Crippen LogP contribution in [0.25, 0.3) is 22.0 Å². The average Bonchev–Trinajstić information content (AvgIpc) is 2.78. The zero-order chi connectivity index (χ0) is 10.1. The molecule has 0 fully saturated rings. The van der Waals surface area contributed by atoms with E-state index in [0.717, 1.165) is 5.52 Å². The molecule has 1 aromatic heterocycles. The van der Waals surface area contributed by atoms with Gasteiger partial charge in [-0.3, -0.25) is 5.10 Å². The number of hydrogen-bond acceptors (Lipinski definition) is 1. The molecule has 0 radical (unpaired) electrons. The summed E-state index contributed by atoms with van der Waals surface area (Å²) in [5, 5.41) is 8.21. The Labute approximate surface area is 87.6 Å². The summed E-state index contributed by atoms with van der Waals surface area (Å²) < 4.78 is 0. The summed E-state index contributed by atoms with van der Waals surface area (Å²) in [5.74, 6) is 0. The van der Waals surface area contributed by atoms with Crippen molar-refractivity contribution in [3.8, 4) is 11.1 Å². The van der Waals surface area contributed by atoms with Crippen LogP contribution < -0.4 is 0 Å². The number of nitrogens with zero attached hydrogens (tertiary/aromatic N) is 1. The van der Waals surface area contributed by atoms with Crippen LogP contribution in [0.4, 0.5) is 0 Å².